The monoisotopic (exact) mass is 289 g/mol. The van der Waals surface area contributed by atoms with E-state index in [0.717, 1.165) is 0 Å². The summed E-state index contributed by atoms with van der Waals surface area (Å²) in [6, 6.07) is 4.19. The Morgan fingerprint density at radius 3 is 2.14 bits per heavy atom. The summed E-state index contributed by atoms with van der Waals surface area (Å²) in [6.45, 7) is 0. The molecule has 1 aromatic carbocycles. The van der Waals surface area contributed by atoms with E-state index in [1.807, 2.05) is 0 Å². The highest BCUT2D eigenvalue weighted by atomic mass is 16.5. The van der Waals surface area contributed by atoms with Gasteiger partial charge >= 0.3 is 11.9 Å². The molecule has 0 radical (unpaired) electrons. The summed E-state index contributed by atoms with van der Waals surface area (Å²) >= 11 is 0. The summed E-state index contributed by atoms with van der Waals surface area (Å²) in [6.07, 6.45) is 1.82. The zero-order valence-corrected chi connectivity index (χ0v) is 11.3. The van der Waals surface area contributed by atoms with E-state index >= 15 is 0 Å². The third-order valence-electron chi connectivity index (χ3n) is 2.70. The van der Waals surface area contributed by atoms with Crippen molar-refractivity contribution in [2.24, 2.45) is 0 Å². The molecule has 2 rings (SSSR count). The number of esters is 2. The van der Waals surface area contributed by atoms with Gasteiger partial charge in [-0.2, -0.15) is 0 Å². The quantitative estimate of drug-likeness (QED) is 0.601. The van der Waals surface area contributed by atoms with Crippen LogP contribution in [0.2, 0.25) is 0 Å². The number of rotatable bonds is 4. The predicted octanol–water partition coefficient (Wildman–Crippen LogP) is 0.653. The number of benzene rings is 1. The Bertz CT molecular complexity index is 673. The number of methoxy groups -OCH3 is 2. The Hall–Kier alpha value is -3.03. The van der Waals surface area contributed by atoms with Crippen molar-refractivity contribution in [2.75, 3.05) is 14.2 Å². The van der Waals surface area contributed by atoms with Gasteiger partial charge in [0.1, 0.15) is 5.69 Å². The van der Waals surface area contributed by atoms with Gasteiger partial charge in [-0.1, -0.05) is 5.21 Å². The van der Waals surface area contributed by atoms with Gasteiger partial charge in [-0.05, 0) is 18.2 Å². The first-order valence-electron chi connectivity index (χ1n) is 5.78. The lowest BCUT2D eigenvalue weighted by Crippen LogP contribution is -2.10. The van der Waals surface area contributed by atoms with Gasteiger partial charge in [0.25, 0.3) is 0 Å². The summed E-state index contributed by atoms with van der Waals surface area (Å²) in [7, 11) is 2.44. The van der Waals surface area contributed by atoms with E-state index in [4.69, 9.17) is 0 Å². The van der Waals surface area contributed by atoms with Gasteiger partial charge in [0, 0.05) is 0 Å². The molecule has 1 heterocycles. The van der Waals surface area contributed by atoms with Crippen LogP contribution in [0, 0.1) is 0 Å². The van der Waals surface area contributed by atoms with Gasteiger partial charge in [-0.3, -0.25) is 4.79 Å². The average molecular weight is 289 g/mol. The molecule has 0 saturated heterocycles. The molecule has 0 aliphatic heterocycles. The van der Waals surface area contributed by atoms with Crippen LogP contribution in [0.1, 0.15) is 31.2 Å². The number of nitrogens with zero attached hydrogens (tertiary/aromatic N) is 3. The fraction of sp³-hybridized carbons (Fsp3) is 0.154. The van der Waals surface area contributed by atoms with Crippen molar-refractivity contribution in [1.29, 1.82) is 0 Å². The minimum atomic E-state index is -0.630. The van der Waals surface area contributed by atoms with Gasteiger partial charge in [0.15, 0.2) is 6.29 Å². The van der Waals surface area contributed by atoms with Crippen molar-refractivity contribution in [2.45, 2.75) is 0 Å². The van der Waals surface area contributed by atoms with Crippen LogP contribution >= 0.6 is 0 Å². The maximum absolute atomic E-state index is 11.7. The van der Waals surface area contributed by atoms with E-state index < -0.39 is 11.9 Å². The topological polar surface area (TPSA) is 100 Å². The maximum Gasteiger partial charge on any atom is 0.337 e. The second kappa shape index (κ2) is 5.95. The third-order valence-corrected chi connectivity index (χ3v) is 2.70. The van der Waals surface area contributed by atoms with Gasteiger partial charge in [-0.25, -0.2) is 14.3 Å². The highest BCUT2D eigenvalue weighted by Gasteiger charge is 2.16. The molecule has 0 atom stereocenters. The van der Waals surface area contributed by atoms with Crippen LogP contribution in [0.15, 0.2) is 24.4 Å². The van der Waals surface area contributed by atoms with Crippen molar-refractivity contribution in [3.8, 4) is 5.69 Å². The van der Waals surface area contributed by atoms with Crippen molar-refractivity contribution < 1.29 is 23.9 Å². The highest BCUT2D eigenvalue weighted by molar-refractivity contribution is 5.96. The fourth-order valence-corrected chi connectivity index (χ4v) is 1.73. The third kappa shape index (κ3) is 2.78. The standard InChI is InChI=1S/C13H11N3O5/c1-20-12(18)8-3-9(13(19)21-2)5-10(4-8)16-11(7-17)6-14-15-16/h3-7H,1-2H3. The molecule has 108 valence electrons. The van der Waals surface area contributed by atoms with E-state index in [9.17, 15) is 14.4 Å². The predicted molar refractivity (Wildman–Crippen MR) is 69.4 cm³/mol. The molecular weight excluding hydrogens is 278 g/mol. The van der Waals surface area contributed by atoms with E-state index in [1.54, 1.807) is 0 Å². The summed E-state index contributed by atoms with van der Waals surface area (Å²) in [5.74, 6) is -1.26. The Morgan fingerprint density at radius 2 is 1.67 bits per heavy atom. The molecule has 0 aliphatic rings. The second-order valence-corrected chi connectivity index (χ2v) is 3.94. The smallest absolute Gasteiger partial charge is 0.337 e. The van der Waals surface area contributed by atoms with E-state index in [1.165, 1.54) is 43.3 Å². The van der Waals surface area contributed by atoms with Crippen molar-refractivity contribution in [3.63, 3.8) is 0 Å². The van der Waals surface area contributed by atoms with E-state index in [-0.39, 0.29) is 16.8 Å². The zero-order valence-electron chi connectivity index (χ0n) is 11.3. The normalized spacial score (nSPS) is 10.0. The van der Waals surface area contributed by atoms with Crippen molar-refractivity contribution in [1.82, 2.24) is 15.0 Å². The van der Waals surface area contributed by atoms with Crippen molar-refractivity contribution in [3.05, 3.63) is 41.2 Å². The van der Waals surface area contributed by atoms with Crippen LogP contribution in [-0.4, -0.2) is 47.4 Å². The van der Waals surface area contributed by atoms with Crippen LogP contribution in [-0.2, 0) is 9.47 Å². The molecule has 0 saturated carbocycles. The van der Waals surface area contributed by atoms with Crippen LogP contribution < -0.4 is 0 Å². The first-order valence-corrected chi connectivity index (χ1v) is 5.78. The molecule has 0 amide bonds. The van der Waals surface area contributed by atoms with Crippen molar-refractivity contribution >= 4 is 18.2 Å². The molecule has 0 aliphatic carbocycles. The summed E-state index contributed by atoms with van der Waals surface area (Å²) in [5, 5.41) is 7.35. The summed E-state index contributed by atoms with van der Waals surface area (Å²) in [4.78, 5) is 34.3. The first kappa shape index (κ1) is 14.4. The molecule has 8 heteroatoms. The lowest BCUT2D eigenvalue weighted by atomic mass is 10.1. The maximum atomic E-state index is 11.7. The van der Waals surface area contributed by atoms with Gasteiger partial charge in [0.2, 0.25) is 0 Å². The molecular formula is C13H11N3O5. The Balaban J connectivity index is 2.62. The minimum Gasteiger partial charge on any atom is -0.465 e. The fourth-order valence-electron chi connectivity index (χ4n) is 1.73. The number of carbonyl (C=O) groups is 3. The van der Waals surface area contributed by atoms with Crippen LogP contribution in [0.3, 0.4) is 0 Å². The summed E-state index contributed by atoms with van der Waals surface area (Å²) in [5.41, 5.74) is 0.747. The number of hydrogen-bond acceptors (Lipinski definition) is 7. The first-order chi connectivity index (χ1) is 10.1. The minimum absolute atomic E-state index is 0.128. The van der Waals surface area contributed by atoms with Gasteiger partial charge in [0.05, 0.1) is 37.2 Å². The molecule has 8 nitrogen and oxygen atoms in total. The largest absolute Gasteiger partial charge is 0.465 e. The Labute approximate surface area is 119 Å². The Morgan fingerprint density at radius 1 is 1.10 bits per heavy atom. The molecule has 0 unspecified atom stereocenters. The second-order valence-electron chi connectivity index (χ2n) is 3.94. The number of aldehydes is 1. The number of hydrogen-bond donors (Lipinski definition) is 0. The van der Waals surface area contributed by atoms with Crippen LogP contribution in [0.5, 0.6) is 0 Å². The molecule has 0 bridgehead atoms. The Kier molecular flexibility index (Phi) is 4.07. The number of ether oxygens (including phenoxy) is 2. The molecule has 0 fully saturated rings. The SMILES string of the molecule is COC(=O)c1cc(C(=O)OC)cc(-n2nncc2C=O)c1. The lowest BCUT2D eigenvalue weighted by Gasteiger charge is -2.08. The van der Waals surface area contributed by atoms with Crippen LogP contribution in [0.25, 0.3) is 5.69 Å². The van der Waals surface area contributed by atoms with Gasteiger partial charge in [-0.15, -0.1) is 5.10 Å². The highest BCUT2D eigenvalue weighted by Crippen LogP contribution is 2.16. The number of aromatic nitrogens is 3. The molecule has 1 aromatic heterocycles. The summed E-state index contributed by atoms with van der Waals surface area (Å²) < 4.78 is 10.5. The van der Waals surface area contributed by atoms with Gasteiger partial charge < -0.3 is 9.47 Å². The molecule has 0 N–H and O–H groups in total. The molecule has 2 aromatic rings. The lowest BCUT2D eigenvalue weighted by molar-refractivity contribution is 0.0599. The van der Waals surface area contributed by atoms with E-state index in [2.05, 4.69) is 19.8 Å². The van der Waals surface area contributed by atoms with Crippen LogP contribution in [0.4, 0.5) is 0 Å². The number of carbonyl (C=O) groups excluding carboxylic acids is 3. The molecule has 21 heavy (non-hydrogen) atoms. The molecule has 0 spiro atoms. The zero-order chi connectivity index (χ0) is 15.4. The van der Waals surface area contributed by atoms with E-state index in [0.29, 0.717) is 12.0 Å². The average Bonchev–Trinajstić information content (AvgIpc) is 3.01.